The average Bonchev–Trinajstić information content (AvgIpc) is 3.28. The topological polar surface area (TPSA) is 80.3 Å². The van der Waals surface area contributed by atoms with E-state index in [4.69, 9.17) is 16.3 Å². The zero-order valence-electron chi connectivity index (χ0n) is 17.6. The van der Waals surface area contributed by atoms with Gasteiger partial charge < -0.3 is 15.4 Å². The van der Waals surface area contributed by atoms with Gasteiger partial charge in [-0.25, -0.2) is 9.78 Å². The molecule has 0 atom stereocenters. The Morgan fingerprint density at radius 3 is 2.56 bits per heavy atom. The Hall–Kier alpha value is -2.90. The number of carbonyl (C=O) groups is 2. The number of benzene rings is 2. The fourth-order valence-corrected chi connectivity index (χ4v) is 5.28. The van der Waals surface area contributed by atoms with Crippen molar-refractivity contribution in [3.63, 3.8) is 0 Å². The van der Waals surface area contributed by atoms with E-state index in [0.717, 1.165) is 46.7 Å². The first-order chi connectivity index (χ1) is 15.5. The molecule has 1 fully saturated rings. The summed E-state index contributed by atoms with van der Waals surface area (Å²) in [5.41, 5.74) is 3.25. The van der Waals surface area contributed by atoms with Crippen molar-refractivity contribution in [2.75, 3.05) is 10.6 Å². The number of aromatic nitrogens is 1. The summed E-state index contributed by atoms with van der Waals surface area (Å²) in [5.74, 6) is 0.415. The van der Waals surface area contributed by atoms with Crippen LogP contribution in [0.5, 0.6) is 0 Å². The maximum absolute atomic E-state index is 12.4. The van der Waals surface area contributed by atoms with Gasteiger partial charge in [0.2, 0.25) is 0 Å². The second-order valence-corrected chi connectivity index (χ2v) is 9.33. The third-order valence-corrected chi connectivity index (χ3v) is 7.21. The van der Waals surface area contributed by atoms with E-state index in [2.05, 4.69) is 15.6 Å². The quantitative estimate of drug-likeness (QED) is 0.398. The molecule has 0 spiro atoms. The van der Waals surface area contributed by atoms with Crippen molar-refractivity contribution in [3.8, 4) is 10.4 Å². The molecule has 166 valence electrons. The Morgan fingerprint density at radius 2 is 1.88 bits per heavy atom. The lowest BCUT2D eigenvalue weighted by Crippen LogP contribution is -2.20. The summed E-state index contributed by atoms with van der Waals surface area (Å²) in [6, 6.07) is 12.8. The fourth-order valence-electron chi connectivity index (χ4n) is 3.92. The fraction of sp³-hybridized carbons (Fsp3) is 0.292. The van der Waals surface area contributed by atoms with Gasteiger partial charge in [0.1, 0.15) is 6.10 Å². The maximum Gasteiger partial charge on any atom is 0.323 e. The highest BCUT2D eigenvalue weighted by atomic mass is 35.5. The van der Waals surface area contributed by atoms with Crippen LogP contribution >= 0.6 is 22.9 Å². The lowest BCUT2D eigenvalue weighted by Gasteiger charge is -2.25. The number of hydrogen-bond donors (Lipinski definition) is 2. The molecule has 3 aromatic rings. The van der Waals surface area contributed by atoms with E-state index in [1.54, 1.807) is 17.4 Å². The molecule has 4 rings (SSSR count). The predicted octanol–water partition coefficient (Wildman–Crippen LogP) is 6.62. The van der Waals surface area contributed by atoms with Gasteiger partial charge in [-0.2, -0.15) is 0 Å². The van der Waals surface area contributed by atoms with Crippen LogP contribution in [0.15, 0.2) is 48.7 Å². The highest BCUT2D eigenvalue weighted by molar-refractivity contribution is 7.15. The van der Waals surface area contributed by atoms with Gasteiger partial charge in [0.05, 0.1) is 20.6 Å². The van der Waals surface area contributed by atoms with E-state index in [1.165, 1.54) is 0 Å². The summed E-state index contributed by atoms with van der Waals surface area (Å²) in [5, 5.41) is 7.27. The minimum Gasteiger partial charge on any atom is -0.465 e. The van der Waals surface area contributed by atoms with Crippen molar-refractivity contribution < 1.29 is 14.3 Å². The molecule has 0 aliphatic heterocycles. The smallest absolute Gasteiger partial charge is 0.323 e. The summed E-state index contributed by atoms with van der Waals surface area (Å²) in [6.45, 7) is 2.44. The van der Waals surface area contributed by atoms with Gasteiger partial charge in [-0.3, -0.25) is 4.79 Å². The van der Waals surface area contributed by atoms with Crippen LogP contribution in [0.1, 0.15) is 42.2 Å². The van der Waals surface area contributed by atoms with Crippen LogP contribution in [0, 0.1) is 6.92 Å². The van der Waals surface area contributed by atoms with Crippen LogP contribution in [0.3, 0.4) is 0 Å². The molecule has 1 heterocycles. The molecule has 1 aromatic heterocycles. The number of nitrogens with zero attached hydrogens (tertiary/aromatic N) is 1. The number of ether oxygens (including phenoxy) is 1. The lowest BCUT2D eigenvalue weighted by molar-refractivity contribution is -0.135. The monoisotopic (exact) mass is 469 g/mol. The van der Waals surface area contributed by atoms with Crippen molar-refractivity contribution in [3.05, 3.63) is 64.3 Å². The molecular weight excluding hydrogens is 446 g/mol. The average molecular weight is 470 g/mol. The molecule has 32 heavy (non-hydrogen) atoms. The number of halogens is 1. The molecule has 6 nitrogen and oxygen atoms in total. The number of nitrogens with one attached hydrogen (secondary N) is 2. The van der Waals surface area contributed by atoms with Gasteiger partial charge in [-0.15, -0.1) is 11.3 Å². The third-order valence-electron chi connectivity index (χ3n) is 5.68. The minimum absolute atomic E-state index is 0.0438. The van der Waals surface area contributed by atoms with E-state index in [1.807, 2.05) is 49.5 Å². The summed E-state index contributed by atoms with van der Waals surface area (Å²) in [4.78, 5) is 28.6. The third kappa shape index (κ3) is 5.29. The SMILES string of the molecule is Cc1cccc(Cl)c1NC(=O)Nc1ccc(-c2cnc(C3CCC(OC=O)CC3)s2)cc1. The van der Waals surface area contributed by atoms with Gasteiger partial charge >= 0.3 is 6.03 Å². The summed E-state index contributed by atoms with van der Waals surface area (Å²) >= 11 is 7.87. The zero-order valence-corrected chi connectivity index (χ0v) is 19.2. The maximum atomic E-state index is 12.4. The standard InChI is InChI=1S/C24H24ClN3O3S/c1-15-3-2-4-20(25)22(15)28-24(30)27-18-9-5-16(6-10-18)21-13-26-23(32-21)17-7-11-19(12-8-17)31-14-29/h2-6,9-10,13-14,17,19H,7-8,11-12H2,1H3,(H2,27,28,30). The molecule has 1 aliphatic rings. The molecule has 8 heteroatoms. The van der Waals surface area contributed by atoms with E-state index in [0.29, 0.717) is 28.8 Å². The number of urea groups is 1. The molecular formula is C24H24ClN3O3S. The van der Waals surface area contributed by atoms with E-state index in [-0.39, 0.29) is 12.1 Å². The Kier molecular flexibility index (Phi) is 7.07. The van der Waals surface area contributed by atoms with Crippen molar-refractivity contribution in [1.82, 2.24) is 4.98 Å². The number of para-hydroxylation sites is 1. The Balaban J connectivity index is 1.36. The van der Waals surface area contributed by atoms with Crippen molar-refractivity contribution in [1.29, 1.82) is 0 Å². The predicted molar refractivity (Wildman–Crippen MR) is 129 cm³/mol. The number of thiazole rings is 1. The molecule has 2 aromatic carbocycles. The van der Waals surface area contributed by atoms with E-state index < -0.39 is 0 Å². The number of aryl methyl sites for hydroxylation is 1. The number of hydrogen-bond acceptors (Lipinski definition) is 5. The van der Waals surface area contributed by atoms with Crippen molar-refractivity contribution in [2.24, 2.45) is 0 Å². The normalized spacial score (nSPS) is 18.1. The van der Waals surface area contributed by atoms with Crippen molar-refractivity contribution >= 4 is 46.8 Å². The molecule has 0 radical (unpaired) electrons. The Morgan fingerprint density at radius 1 is 1.12 bits per heavy atom. The number of carbonyl (C=O) groups excluding carboxylic acids is 2. The first kappa shape index (κ1) is 22.3. The second-order valence-electron chi connectivity index (χ2n) is 7.86. The van der Waals surface area contributed by atoms with Gasteiger partial charge in [0, 0.05) is 17.8 Å². The summed E-state index contributed by atoms with van der Waals surface area (Å²) < 4.78 is 5.09. The number of anilines is 2. The first-order valence-electron chi connectivity index (χ1n) is 10.5. The first-order valence-corrected chi connectivity index (χ1v) is 11.7. The number of rotatable bonds is 6. The van der Waals surface area contributed by atoms with Gasteiger partial charge in [-0.1, -0.05) is 35.9 Å². The summed E-state index contributed by atoms with van der Waals surface area (Å²) in [7, 11) is 0. The molecule has 1 saturated carbocycles. The van der Waals surface area contributed by atoms with Crippen LogP contribution < -0.4 is 10.6 Å². The lowest BCUT2D eigenvalue weighted by atomic mass is 9.88. The molecule has 2 N–H and O–H groups in total. The molecule has 0 unspecified atom stereocenters. The van der Waals surface area contributed by atoms with Crippen LogP contribution in [0.25, 0.3) is 10.4 Å². The van der Waals surface area contributed by atoms with Crippen LogP contribution in [-0.2, 0) is 9.53 Å². The highest BCUT2D eigenvalue weighted by Crippen LogP contribution is 2.38. The molecule has 0 bridgehead atoms. The zero-order chi connectivity index (χ0) is 22.5. The Bertz CT molecular complexity index is 1070. The van der Waals surface area contributed by atoms with Gasteiger partial charge in [-0.05, 0) is 61.9 Å². The van der Waals surface area contributed by atoms with E-state index in [9.17, 15) is 9.59 Å². The molecule has 0 saturated heterocycles. The summed E-state index contributed by atoms with van der Waals surface area (Å²) in [6.07, 6.45) is 5.68. The molecule has 1 aliphatic carbocycles. The van der Waals surface area contributed by atoms with Crippen LogP contribution in [0.4, 0.5) is 16.2 Å². The largest absolute Gasteiger partial charge is 0.465 e. The van der Waals surface area contributed by atoms with Crippen LogP contribution in [-0.4, -0.2) is 23.6 Å². The van der Waals surface area contributed by atoms with E-state index >= 15 is 0 Å². The van der Waals surface area contributed by atoms with Gasteiger partial charge in [0.15, 0.2) is 0 Å². The van der Waals surface area contributed by atoms with Crippen molar-refractivity contribution in [2.45, 2.75) is 44.6 Å². The minimum atomic E-state index is -0.344. The molecule has 2 amide bonds. The Labute approximate surface area is 196 Å². The second kappa shape index (κ2) is 10.1. The highest BCUT2D eigenvalue weighted by Gasteiger charge is 2.25. The van der Waals surface area contributed by atoms with Crippen LogP contribution in [0.2, 0.25) is 5.02 Å². The number of amides is 2. The van der Waals surface area contributed by atoms with Gasteiger partial charge in [0.25, 0.3) is 6.47 Å².